The lowest BCUT2D eigenvalue weighted by Crippen LogP contribution is -2.52. The van der Waals surface area contributed by atoms with Crippen LogP contribution in [-0.2, 0) is 26.2 Å². The molecule has 1 unspecified atom stereocenters. The highest BCUT2D eigenvalue weighted by Crippen LogP contribution is 2.26. The Morgan fingerprint density at radius 1 is 0.947 bits per heavy atom. The number of sulfonamides is 1. The van der Waals surface area contributed by atoms with Gasteiger partial charge in [-0.2, -0.15) is 0 Å². The zero-order valence-corrected chi connectivity index (χ0v) is 24.0. The molecule has 1 atom stereocenters. The van der Waals surface area contributed by atoms with E-state index in [-0.39, 0.29) is 17.3 Å². The number of hydrogen-bond donors (Lipinski definition) is 1. The Morgan fingerprint density at radius 3 is 2.13 bits per heavy atom. The SMILES string of the molecule is CCNC(=O)C(CC)N(Cc1ccc(OC)cc1)C(=O)CN(c1ccc(Br)cc1)S(=O)(=O)c1ccccc1. The molecule has 0 saturated heterocycles. The number of nitrogens with one attached hydrogen (secondary N) is 1. The summed E-state index contributed by atoms with van der Waals surface area (Å²) in [5, 5.41) is 2.79. The topological polar surface area (TPSA) is 96.0 Å². The van der Waals surface area contributed by atoms with Crippen molar-refractivity contribution in [1.29, 1.82) is 0 Å². The summed E-state index contributed by atoms with van der Waals surface area (Å²) in [7, 11) is -2.52. The molecule has 0 radical (unpaired) electrons. The Balaban J connectivity index is 2.03. The van der Waals surface area contributed by atoms with Gasteiger partial charge in [0.1, 0.15) is 18.3 Å². The van der Waals surface area contributed by atoms with Crippen LogP contribution < -0.4 is 14.4 Å². The quantitative estimate of drug-likeness (QED) is 0.327. The van der Waals surface area contributed by atoms with Crippen LogP contribution in [0.5, 0.6) is 5.75 Å². The zero-order valence-electron chi connectivity index (χ0n) is 21.6. The van der Waals surface area contributed by atoms with Crippen LogP contribution in [-0.4, -0.2) is 51.4 Å². The lowest BCUT2D eigenvalue weighted by molar-refractivity contribution is -0.140. The summed E-state index contributed by atoms with van der Waals surface area (Å²) in [5.74, 6) is -0.128. The van der Waals surface area contributed by atoms with E-state index in [2.05, 4.69) is 21.2 Å². The van der Waals surface area contributed by atoms with Crippen LogP contribution in [0.3, 0.4) is 0 Å². The van der Waals surface area contributed by atoms with Crippen molar-refractivity contribution in [2.45, 2.75) is 37.8 Å². The molecule has 0 saturated carbocycles. The van der Waals surface area contributed by atoms with E-state index in [1.54, 1.807) is 61.7 Å². The number of halogens is 1. The highest BCUT2D eigenvalue weighted by atomic mass is 79.9. The third kappa shape index (κ3) is 7.14. The van der Waals surface area contributed by atoms with Gasteiger partial charge in [0.2, 0.25) is 11.8 Å². The van der Waals surface area contributed by atoms with Gasteiger partial charge in [0, 0.05) is 17.6 Å². The van der Waals surface area contributed by atoms with Gasteiger partial charge in [-0.05, 0) is 67.4 Å². The molecular formula is C28H32BrN3O5S. The lowest BCUT2D eigenvalue weighted by Gasteiger charge is -2.33. The van der Waals surface area contributed by atoms with Gasteiger partial charge in [-0.1, -0.05) is 53.2 Å². The number of benzene rings is 3. The van der Waals surface area contributed by atoms with E-state index in [9.17, 15) is 18.0 Å². The van der Waals surface area contributed by atoms with Crippen molar-refractivity contribution in [3.63, 3.8) is 0 Å². The van der Waals surface area contributed by atoms with Crippen LogP contribution in [0.15, 0.2) is 88.2 Å². The van der Waals surface area contributed by atoms with Gasteiger partial charge in [0.15, 0.2) is 0 Å². The number of methoxy groups -OCH3 is 1. The van der Waals surface area contributed by atoms with Gasteiger partial charge in [-0.25, -0.2) is 8.42 Å². The Labute approximate surface area is 232 Å². The maximum absolute atomic E-state index is 13.9. The van der Waals surface area contributed by atoms with E-state index < -0.39 is 28.5 Å². The third-order valence-electron chi connectivity index (χ3n) is 5.97. The standard InChI is InChI=1S/C28H32BrN3O5S/c1-4-26(28(34)30-5-2)31(19-21-11-17-24(37-3)18-12-21)27(33)20-32(23-15-13-22(29)14-16-23)38(35,36)25-9-7-6-8-10-25/h6-18,26H,4-5,19-20H2,1-3H3,(H,30,34). The van der Waals surface area contributed by atoms with Gasteiger partial charge >= 0.3 is 0 Å². The molecule has 0 spiro atoms. The fraction of sp³-hybridized carbons (Fsp3) is 0.286. The smallest absolute Gasteiger partial charge is 0.264 e. The van der Waals surface area contributed by atoms with Gasteiger partial charge in [-0.3, -0.25) is 13.9 Å². The lowest BCUT2D eigenvalue weighted by atomic mass is 10.1. The molecule has 38 heavy (non-hydrogen) atoms. The molecule has 3 aromatic carbocycles. The van der Waals surface area contributed by atoms with Gasteiger partial charge in [0.05, 0.1) is 17.7 Å². The summed E-state index contributed by atoms with van der Waals surface area (Å²) >= 11 is 3.37. The minimum Gasteiger partial charge on any atom is -0.497 e. The summed E-state index contributed by atoms with van der Waals surface area (Å²) in [6.45, 7) is 3.68. The van der Waals surface area contributed by atoms with E-state index in [0.29, 0.717) is 24.4 Å². The predicted octanol–water partition coefficient (Wildman–Crippen LogP) is 4.60. The van der Waals surface area contributed by atoms with Crippen LogP contribution in [0.4, 0.5) is 5.69 Å². The second-order valence-electron chi connectivity index (χ2n) is 8.49. The number of amides is 2. The monoisotopic (exact) mass is 601 g/mol. The normalized spacial score (nSPS) is 11.9. The van der Waals surface area contributed by atoms with E-state index in [0.717, 1.165) is 14.3 Å². The maximum Gasteiger partial charge on any atom is 0.264 e. The molecule has 202 valence electrons. The Morgan fingerprint density at radius 2 is 1.58 bits per heavy atom. The van der Waals surface area contributed by atoms with Gasteiger partial charge in [0.25, 0.3) is 10.0 Å². The summed E-state index contributed by atoms with van der Waals surface area (Å²) < 4.78 is 34.5. The molecule has 0 bridgehead atoms. The minimum atomic E-state index is -4.09. The van der Waals surface area contributed by atoms with Crippen LogP contribution in [0.1, 0.15) is 25.8 Å². The molecule has 0 heterocycles. The number of nitrogens with zero attached hydrogens (tertiary/aromatic N) is 2. The molecule has 0 aliphatic heterocycles. The van der Waals surface area contributed by atoms with E-state index >= 15 is 0 Å². The average Bonchev–Trinajstić information content (AvgIpc) is 2.93. The van der Waals surface area contributed by atoms with E-state index in [1.165, 1.54) is 17.0 Å². The molecule has 8 nitrogen and oxygen atoms in total. The fourth-order valence-corrected chi connectivity index (χ4v) is 5.69. The summed E-state index contributed by atoms with van der Waals surface area (Å²) in [4.78, 5) is 28.4. The molecule has 1 N–H and O–H groups in total. The number of likely N-dealkylation sites (N-methyl/N-ethyl adjacent to an activating group) is 1. The van der Waals surface area contributed by atoms with Crippen LogP contribution in [0.25, 0.3) is 0 Å². The largest absolute Gasteiger partial charge is 0.497 e. The van der Waals surface area contributed by atoms with Crippen molar-refractivity contribution < 1.29 is 22.7 Å². The highest BCUT2D eigenvalue weighted by Gasteiger charge is 2.33. The molecule has 0 fully saturated rings. The van der Waals surface area contributed by atoms with Crippen LogP contribution in [0, 0.1) is 0 Å². The number of anilines is 1. The number of ether oxygens (including phenoxy) is 1. The summed E-state index contributed by atoms with van der Waals surface area (Å²) in [5.41, 5.74) is 1.11. The molecule has 0 aliphatic rings. The molecule has 0 aromatic heterocycles. The highest BCUT2D eigenvalue weighted by molar-refractivity contribution is 9.10. The first-order valence-electron chi connectivity index (χ1n) is 12.2. The Hall–Kier alpha value is -3.37. The first-order valence-corrected chi connectivity index (χ1v) is 14.5. The molecule has 0 aliphatic carbocycles. The van der Waals surface area contributed by atoms with E-state index in [4.69, 9.17) is 4.74 Å². The number of rotatable bonds is 12. The Kier molecular flexibility index (Phi) is 10.3. The molecule has 3 aromatic rings. The predicted molar refractivity (Wildman–Crippen MR) is 151 cm³/mol. The first kappa shape index (κ1) is 29.2. The summed E-state index contributed by atoms with van der Waals surface area (Å²) in [6, 6.07) is 21.1. The third-order valence-corrected chi connectivity index (χ3v) is 8.29. The molecule has 10 heteroatoms. The van der Waals surface area contributed by atoms with Crippen molar-refractivity contribution >= 4 is 43.5 Å². The molecule has 2 amide bonds. The number of carbonyl (C=O) groups excluding carboxylic acids is 2. The molecule has 3 rings (SSSR count). The van der Waals surface area contributed by atoms with Crippen molar-refractivity contribution in [3.05, 3.63) is 88.9 Å². The van der Waals surface area contributed by atoms with Gasteiger partial charge < -0.3 is 15.0 Å². The average molecular weight is 603 g/mol. The second-order valence-corrected chi connectivity index (χ2v) is 11.3. The maximum atomic E-state index is 13.9. The van der Waals surface area contributed by atoms with E-state index in [1.807, 2.05) is 26.0 Å². The first-order chi connectivity index (χ1) is 18.2. The van der Waals surface area contributed by atoms with Crippen LogP contribution >= 0.6 is 15.9 Å². The fourth-order valence-electron chi connectivity index (χ4n) is 3.99. The second kappa shape index (κ2) is 13.4. The number of carbonyl (C=O) groups is 2. The van der Waals surface area contributed by atoms with Crippen molar-refractivity contribution in [2.75, 3.05) is 24.5 Å². The van der Waals surface area contributed by atoms with Crippen molar-refractivity contribution in [3.8, 4) is 5.75 Å². The van der Waals surface area contributed by atoms with Crippen molar-refractivity contribution in [1.82, 2.24) is 10.2 Å². The minimum absolute atomic E-state index is 0.0631. The van der Waals surface area contributed by atoms with Gasteiger partial charge in [-0.15, -0.1) is 0 Å². The Bertz CT molecular complexity index is 1320. The number of hydrogen-bond acceptors (Lipinski definition) is 5. The van der Waals surface area contributed by atoms with Crippen LogP contribution in [0.2, 0.25) is 0 Å². The summed E-state index contributed by atoms with van der Waals surface area (Å²) in [6.07, 6.45) is 0.359. The van der Waals surface area contributed by atoms with Crippen molar-refractivity contribution in [2.24, 2.45) is 0 Å². The molecular weight excluding hydrogens is 570 g/mol. The zero-order chi connectivity index (χ0) is 27.7.